The molecule has 1 atom stereocenters. The highest BCUT2D eigenvalue weighted by Crippen LogP contribution is 1.98. The summed E-state index contributed by atoms with van der Waals surface area (Å²) in [6.07, 6.45) is 1.87. The molecule has 0 aliphatic heterocycles. The topological polar surface area (TPSA) is 107 Å². The first-order chi connectivity index (χ1) is 6.07. The van der Waals surface area contributed by atoms with Crippen LogP contribution in [0.3, 0.4) is 0 Å². The van der Waals surface area contributed by atoms with E-state index in [0.29, 0.717) is 19.4 Å². The summed E-state index contributed by atoms with van der Waals surface area (Å²) in [4.78, 5) is 14.8. The first kappa shape index (κ1) is 15.7. The Morgan fingerprint density at radius 1 is 1.43 bits per heavy atom. The minimum atomic E-state index is -0.362. The van der Waals surface area contributed by atoms with Crippen LogP contribution in [-0.4, -0.2) is 24.3 Å². The molecule has 0 amide bonds. The average Bonchev–Trinajstić information content (AvgIpc) is 2.10. The van der Waals surface area contributed by atoms with Crippen molar-refractivity contribution >= 4 is 24.1 Å². The number of carbonyl (C=O) groups is 1. The summed E-state index contributed by atoms with van der Waals surface area (Å²) in [5, 5.41) is 0. The number of aliphatic imine (C=N–C) groups is 1. The van der Waals surface area contributed by atoms with E-state index in [1.807, 2.05) is 0 Å². The summed E-state index contributed by atoms with van der Waals surface area (Å²) >= 11 is 0. The number of nitrogens with zero attached hydrogens (tertiary/aromatic N) is 1. The van der Waals surface area contributed by atoms with Crippen molar-refractivity contribution in [1.82, 2.24) is 0 Å². The summed E-state index contributed by atoms with van der Waals surface area (Å²) in [6.45, 7) is 2.34. The van der Waals surface area contributed by atoms with Crippen molar-refractivity contribution in [1.29, 1.82) is 0 Å². The van der Waals surface area contributed by atoms with Gasteiger partial charge in [-0.1, -0.05) is 6.92 Å². The first-order valence-electron chi connectivity index (χ1n) is 4.41. The molecular weight excluding hydrogens is 204 g/mol. The molecule has 0 aliphatic carbocycles. The van der Waals surface area contributed by atoms with Crippen LogP contribution in [0.1, 0.15) is 26.2 Å². The van der Waals surface area contributed by atoms with Crippen molar-refractivity contribution in [2.75, 3.05) is 6.54 Å². The SMILES string of the molecule is CCC(=O)[C@@H](N)CCCN=C(N)N.Cl. The van der Waals surface area contributed by atoms with Crippen molar-refractivity contribution in [3.05, 3.63) is 0 Å². The lowest BCUT2D eigenvalue weighted by molar-refractivity contribution is -0.120. The third-order valence-electron chi connectivity index (χ3n) is 1.73. The quantitative estimate of drug-likeness (QED) is 0.328. The summed E-state index contributed by atoms with van der Waals surface area (Å²) in [6, 6.07) is -0.362. The predicted octanol–water partition coefficient (Wildman–Crippen LogP) is -0.232. The van der Waals surface area contributed by atoms with E-state index >= 15 is 0 Å². The van der Waals surface area contributed by atoms with Gasteiger partial charge in [0.05, 0.1) is 6.04 Å². The van der Waals surface area contributed by atoms with Gasteiger partial charge in [-0.2, -0.15) is 0 Å². The van der Waals surface area contributed by atoms with E-state index in [2.05, 4.69) is 4.99 Å². The second kappa shape index (κ2) is 8.77. The molecule has 0 aromatic rings. The second-order valence-corrected chi connectivity index (χ2v) is 2.88. The van der Waals surface area contributed by atoms with Crippen LogP contribution in [0, 0.1) is 0 Å². The van der Waals surface area contributed by atoms with E-state index in [1.54, 1.807) is 6.92 Å². The largest absolute Gasteiger partial charge is 0.370 e. The van der Waals surface area contributed by atoms with E-state index in [0.717, 1.165) is 6.42 Å². The fraction of sp³-hybridized carbons (Fsp3) is 0.750. The van der Waals surface area contributed by atoms with Crippen molar-refractivity contribution in [2.24, 2.45) is 22.2 Å². The molecule has 0 saturated carbocycles. The van der Waals surface area contributed by atoms with Crippen molar-refractivity contribution in [3.63, 3.8) is 0 Å². The Labute approximate surface area is 90.5 Å². The van der Waals surface area contributed by atoms with E-state index in [-0.39, 0.29) is 30.2 Å². The van der Waals surface area contributed by atoms with Gasteiger partial charge in [-0.25, -0.2) is 0 Å². The maximum Gasteiger partial charge on any atom is 0.185 e. The van der Waals surface area contributed by atoms with Crippen LogP contribution in [0.5, 0.6) is 0 Å². The number of hydrogen-bond donors (Lipinski definition) is 3. The molecule has 0 saturated heterocycles. The number of halogens is 1. The third-order valence-corrected chi connectivity index (χ3v) is 1.73. The molecule has 5 nitrogen and oxygen atoms in total. The summed E-state index contributed by atoms with van der Waals surface area (Å²) < 4.78 is 0. The van der Waals surface area contributed by atoms with Crippen molar-refractivity contribution in [3.8, 4) is 0 Å². The number of Topliss-reactive ketones (excluding diaryl/α,β-unsaturated/α-hetero) is 1. The van der Waals surface area contributed by atoms with Crippen LogP contribution >= 0.6 is 12.4 Å². The fourth-order valence-corrected chi connectivity index (χ4v) is 0.943. The molecule has 0 aliphatic rings. The van der Waals surface area contributed by atoms with E-state index in [9.17, 15) is 4.79 Å². The molecule has 6 heteroatoms. The zero-order valence-electron chi connectivity index (χ0n) is 8.40. The Balaban J connectivity index is 0. The van der Waals surface area contributed by atoms with Gasteiger partial charge in [0.2, 0.25) is 0 Å². The number of hydrogen-bond acceptors (Lipinski definition) is 3. The number of rotatable bonds is 6. The molecule has 0 radical (unpaired) electrons. The molecule has 14 heavy (non-hydrogen) atoms. The highest BCUT2D eigenvalue weighted by atomic mass is 35.5. The second-order valence-electron chi connectivity index (χ2n) is 2.88. The Kier molecular flexibility index (Phi) is 9.81. The van der Waals surface area contributed by atoms with E-state index in [1.165, 1.54) is 0 Å². The highest BCUT2D eigenvalue weighted by molar-refractivity contribution is 5.85. The molecule has 0 rings (SSSR count). The fourth-order valence-electron chi connectivity index (χ4n) is 0.943. The average molecular weight is 223 g/mol. The molecule has 0 aromatic heterocycles. The highest BCUT2D eigenvalue weighted by Gasteiger charge is 2.09. The van der Waals surface area contributed by atoms with Crippen LogP contribution in [0.2, 0.25) is 0 Å². The van der Waals surface area contributed by atoms with Gasteiger partial charge in [-0.05, 0) is 12.8 Å². The van der Waals surface area contributed by atoms with Gasteiger partial charge in [0.25, 0.3) is 0 Å². The van der Waals surface area contributed by atoms with Gasteiger partial charge in [-0.15, -0.1) is 12.4 Å². The zero-order chi connectivity index (χ0) is 10.3. The number of guanidine groups is 1. The smallest absolute Gasteiger partial charge is 0.185 e. The first-order valence-corrected chi connectivity index (χ1v) is 4.41. The number of carbonyl (C=O) groups excluding carboxylic acids is 1. The lowest BCUT2D eigenvalue weighted by atomic mass is 10.1. The molecule has 0 bridgehead atoms. The van der Waals surface area contributed by atoms with E-state index < -0.39 is 0 Å². The monoisotopic (exact) mass is 222 g/mol. The molecular formula is C8H19ClN4O. The van der Waals surface area contributed by atoms with Gasteiger partial charge in [-0.3, -0.25) is 9.79 Å². The Morgan fingerprint density at radius 2 is 2.00 bits per heavy atom. The van der Waals surface area contributed by atoms with Crippen LogP contribution < -0.4 is 17.2 Å². The lowest BCUT2D eigenvalue weighted by Gasteiger charge is -2.07. The number of nitrogens with two attached hydrogens (primary N) is 3. The van der Waals surface area contributed by atoms with E-state index in [4.69, 9.17) is 17.2 Å². The maximum absolute atomic E-state index is 11.0. The van der Waals surface area contributed by atoms with Crippen LogP contribution in [0.4, 0.5) is 0 Å². The minimum Gasteiger partial charge on any atom is -0.370 e. The van der Waals surface area contributed by atoms with Crippen molar-refractivity contribution < 1.29 is 4.79 Å². The molecule has 84 valence electrons. The number of ketones is 1. The van der Waals surface area contributed by atoms with Gasteiger partial charge in [0.1, 0.15) is 5.78 Å². The van der Waals surface area contributed by atoms with Crippen LogP contribution in [-0.2, 0) is 4.79 Å². The van der Waals surface area contributed by atoms with Crippen molar-refractivity contribution in [2.45, 2.75) is 32.2 Å². The predicted molar refractivity (Wildman–Crippen MR) is 60.4 cm³/mol. The maximum atomic E-state index is 11.0. The summed E-state index contributed by atoms with van der Waals surface area (Å²) in [7, 11) is 0. The Bertz CT molecular complexity index is 192. The van der Waals surface area contributed by atoms with Crippen LogP contribution in [0.25, 0.3) is 0 Å². The van der Waals surface area contributed by atoms with Gasteiger partial charge < -0.3 is 17.2 Å². The lowest BCUT2D eigenvalue weighted by Crippen LogP contribution is -2.30. The summed E-state index contributed by atoms with van der Waals surface area (Å²) in [5.41, 5.74) is 15.8. The third kappa shape index (κ3) is 7.82. The van der Waals surface area contributed by atoms with Gasteiger partial charge in [0.15, 0.2) is 5.96 Å². The normalized spacial score (nSPS) is 11.3. The molecule has 0 heterocycles. The van der Waals surface area contributed by atoms with Gasteiger partial charge >= 0.3 is 0 Å². The van der Waals surface area contributed by atoms with Gasteiger partial charge in [0, 0.05) is 13.0 Å². The molecule has 0 aromatic carbocycles. The Morgan fingerprint density at radius 3 is 2.43 bits per heavy atom. The Hall–Kier alpha value is -0.810. The standard InChI is InChI=1S/C8H18N4O.ClH/c1-2-7(13)6(9)4-3-5-12-8(10)11;/h6H,2-5,9H2,1H3,(H4,10,11,12);1H/t6-;/m0./s1. The molecule has 0 spiro atoms. The molecule has 0 fully saturated rings. The van der Waals surface area contributed by atoms with Crippen LogP contribution in [0.15, 0.2) is 4.99 Å². The zero-order valence-corrected chi connectivity index (χ0v) is 9.22. The minimum absolute atomic E-state index is 0. The molecule has 6 N–H and O–H groups in total. The summed E-state index contributed by atoms with van der Waals surface area (Å²) in [5.74, 6) is 0.167. The molecule has 0 unspecified atom stereocenters.